The number of carbonyl (C=O) groups is 3. The van der Waals surface area contributed by atoms with E-state index in [0.717, 1.165) is 0 Å². The smallest absolute Gasteiger partial charge is 0.326 e. The first-order chi connectivity index (χ1) is 14.9. The third-order valence-corrected chi connectivity index (χ3v) is 4.15. The molecule has 0 saturated carbocycles. The van der Waals surface area contributed by atoms with E-state index in [-0.39, 0.29) is 6.54 Å². The van der Waals surface area contributed by atoms with Crippen molar-refractivity contribution in [3.05, 3.63) is 48.0 Å². The highest BCUT2D eigenvalue weighted by Gasteiger charge is 2.19. The van der Waals surface area contributed by atoms with E-state index < -0.39 is 23.9 Å². The number of rotatable bonds is 10. The van der Waals surface area contributed by atoms with E-state index in [0.29, 0.717) is 35.1 Å². The molecule has 2 aromatic carbocycles. The van der Waals surface area contributed by atoms with E-state index in [1.165, 1.54) is 21.1 Å². The van der Waals surface area contributed by atoms with Crippen LogP contribution < -0.4 is 24.8 Å². The fourth-order valence-corrected chi connectivity index (χ4v) is 2.57. The second kappa shape index (κ2) is 11.4. The Morgan fingerprint density at radius 3 is 2.26 bits per heavy atom. The number of carbonyl (C=O) groups excluding carboxylic acids is 3. The molecule has 2 rings (SSSR count). The number of ether oxygens (including phenoxy) is 4. The zero-order chi connectivity index (χ0) is 22.8. The number of benzene rings is 2. The molecule has 0 spiro atoms. The fraction of sp³-hybridized carbons (Fsp3) is 0.318. The number of hydrogen-bond acceptors (Lipinski definition) is 7. The van der Waals surface area contributed by atoms with Crippen LogP contribution in [0.3, 0.4) is 0 Å². The topological polar surface area (TPSA) is 112 Å². The van der Waals surface area contributed by atoms with Gasteiger partial charge in [0.05, 0.1) is 20.8 Å². The Balaban J connectivity index is 1.83. The Kier molecular flexibility index (Phi) is 8.68. The molecule has 9 heteroatoms. The SMILES string of the molecule is CCOc1ccc(C(=O)NCC(=O)OC(C)C(=O)Nc2ccc(OC)c(OC)c2)cc1. The highest BCUT2D eigenvalue weighted by Crippen LogP contribution is 2.29. The second-order valence-corrected chi connectivity index (χ2v) is 6.33. The summed E-state index contributed by atoms with van der Waals surface area (Å²) in [5, 5.41) is 5.08. The first kappa shape index (κ1) is 23.5. The molecular weight excluding hydrogens is 404 g/mol. The molecule has 1 atom stereocenters. The lowest BCUT2D eigenvalue weighted by atomic mass is 10.2. The largest absolute Gasteiger partial charge is 0.494 e. The molecule has 0 bridgehead atoms. The molecule has 2 amide bonds. The van der Waals surface area contributed by atoms with Crippen molar-refractivity contribution in [3.8, 4) is 17.2 Å². The molecule has 2 aromatic rings. The van der Waals surface area contributed by atoms with Crippen LogP contribution in [-0.4, -0.2) is 51.3 Å². The van der Waals surface area contributed by atoms with Crippen LogP contribution in [0.5, 0.6) is 17.2 Å². The summed E-state index contributed by atoms with van der Waals surface area (Å²) in [5.74, 6) is -0.104. The molecular formula is C22H26N2O7. The maximum absolute atomic E-state index is 12.3. The number of hydrogen-bond donors (Lipinski definition) is 2. The Bertz CT molecular complexity index is 913. The summed E-state index contributed by atoms with van der Waals surface area (Å²) < 4.78 is 20.7. The lowest BCUT2D eigenvalue weighted by Gasteiger charge is -2.15. The van der Waals surface area contributed by atoms with Crippen molar-refractivity contribution in [2.45, 2.75) is 20.0 Å². The summed E-state index contributed by atoms with van der Waals surface area (Å²) in [6, 6.07) is 11.4. The monoisotopic (exact) mass is 430 g/mol. The minimum atomic E-state index is -1.07. The molecule has 2 N–H and O–H groups in total. The molecule has 0 aromatic heterocycles. The van der Waals surface area contributed by atoms with Crippen molar-refractivity contribution in [1.29, 1.82) is 0 Å². The van der Waals surface area contributed by atoms with Crippen molar-refractivity contribution in [2.75, 3.05) is 32.7 Å². The average molecular weight is 430 g/mol. The van der Waals surface area contributed by atoms with Crippen LogP contribution in [-0.2, 0) is 14.3 Å². The first-order valence-electron chi connectivity index (χ1n) is 9.61. The van der Waals surface area contributed by atoms with Gasteiger partial charge in [-0.3, -0.25) is 14.4 Å². The molecule has 0 saturated heterocycles. The van der Waals surface area contributed by atoms with Gasteiger partial charge in [-0.1, -0.05) is 0 Å². The summed E-state index contributed by atoms with van der Waals surface area (Å²) in [7, 11) is 2.99. The van der Waals surface area contributed by atoms with E-state index in [4.69, 9.17) is 18.9 Å². The standard InChI is InChI=1S/C22H26N2O7/c1-5-30-17-9-6-15(7-10-17)22(27)23-13-20(25)31-14(2)21(26)24-16-8-11-18(28-3)19(12-16)29-4/h6-12,14H,5,13H2,1-4H3,(H,23,27)(H,24,26). The molecule has 0 heterocycles. The first-order valence-corrected chi connectivity index (χ1v) is 9.61. The molecule has 0 radical (unpaired) electrons. The van der Waals surface area contributed by atoms with E-state index in [9.17, 15) is 14.4 Å². The molecule has 9 nitrogen and oxygen atoms in total. The quantitative estimate of drug-likeness (QED) is 0.557. The van der Waals surface area contributed by atoms with Gasteiger partial charge in [-0.15, -0.1) is 0 Å². The number of nitrogens with one attached hydrogen (secondary N) is 2. The normalized spacial score (nSPS) is 11.1. The predicted molar refractivity (Wildman–Crippen MR) is 114 cm³/mol. The van der Waals surface area contributed by atoms with Gasteiger partial charge in [-0.05, 0) is 50.2 Å². The number of methoxy groups -OCH3 is 2. The molecule has 0 fully saturated rings. The van der Waals surface area contributed by atoms with Gasteiger partial charge in [0.1, 0.15) is 12.3 Å². The van der Waals surface area contributed by atoms with Gasteiger partial charge in [0.25, 0.3) is 11.8 Å². The lowest BCUT2D eigenvalue weighted by molar-refractivity contribution is -0.152. The molecule has 0 aliphatic heterocycles. The van der Waals surface area contributed by atoms with Crippen molar-refractivity contribution in [2.24, 2.45) is 0 Å². The van der Waals surface area contributed by atoms with Gasteiger partial charge < -0.3 is 29.6 Å². The second-order valence-electron chi connectivity index (χ2n) is 6.33. The summed E-state index contributed by atoms with van der Waals surface area (Å²) in [6.07, 6.45) is -1.07. The van der Waals surface area contributed by atoms with Crippen molar-refractivity contribution < 1.29 is 33.3 Å². The van der Waals surface area contributed by atoms with Crippen LogP contribution in [0.4, 0.5) is 5.69 Å². The summed E-state index contributed by atoms with van der Waals surface area (Å²) in [6.45, 7) is 3.44. The summed E-state index contributed by atoms with van der Waals surface area (Å²) in [4.78, 5) is 36.4. The Hall–Kier alpha value is -3.75. The van der Waals surface area contributed by atoms with E-state index in [1.807, 2.05) is 6.92 Å². The highest BCUT2D eigenvalue weighted by atomic mass is 16.5. The van der Waals surface area contributed by atoms with Gasteiger partial charge in [0, 0.05) is 17.3 Å². The van der Waals surface area contributed by atoms with Crippen LogP contribution in [0.15, 0.2) is 42.5 Å². The third kappa shape index (κ3) is 6.91. The lowest BCUT2D eigenvalue weighted by Crippen LogP contribution is -2.35. The molecule has 1 unspecified atom stereocenters. The fourth-order valence-electron chi connectivity index (χ4n) is 2.57. The van der Waals surface area contributed by atoms with Crippen molar-refractivity contribution in [3.63, 3.8) is 0 Å². The summed E-state index contributed by atoms with van der Waals surface area (Å²) in [5.41, 5.74) is 0.824. The van der Waals surface area contributed by atoms with Gasteiger partial charge in [0.15, 0.2) is 17.6 Å². The van der Waals surface area contributed by atoms with Crippen LogP contribution in [0.2, 0.25) is 0 Å². The van der Waals surface area contributed by atoms with E-state index in [1.54, 1.807) is 42.5 Å². The van der Waals surface area contributed by atoms with Crippen molar-refractivity contribution in [1.82, 2.24) is 5.32 Å². The van der Waals surface area contributed by atoms with Gasteiger partial charge >= 0.3 is 5.97 Å². The zero-order valence-corrected chi connectivity index (χ0v) is 17.9. The molecule has 31 heavy (non-hydrogen) atoms. The molecule has 0 aliphatic carbocycles. The highest BCUT2D eigenvalue weighted by molar-refractivity contribution is 5.97. The van der Waals surface area contributed by atoms with Gasteiger partial charge in [-0.2, -0.15) is 0 Å². The van der Waals surface area contributed by atoms with Crippen LogP contribution in [0.25, 0.3) is 0 Å². The molecule has 0 aliphatic rings. The van der Waals surface area contributed by atoms with E-state index >= 15 is 0 Å². The van der Waals surface area contributed by atoms with Crippen LogP contribution in [0, 0.1) is 0 Å². The minimum absolute atomic E-state index is 0.371. The predicted octanol–water partition coefficient (Wildman–Crippen LogP) is 2.40. The maximum atomic E-state index is 12.3. The van der Waals surface area contributed by atoms with Crippen LogP contribution >= 0.6 is 0 Å². The number of esters is 1. The zero-order valence-electron chi connectivity index (χ0n) is 17.9. The van der Waals surface area contributed by atoms with Crippen molar-refractivity contribution >= 4 is 23.5 Å². The number of amides is 2. The maximum Gasteiger partial charge on any atom is 0.326 e. The van der Waals surface area contributed by atoms with Gasteiger partial charge in [-0.25, -0.2) is 0 Å². The molecule has 166 valence electrons. The van der Waals surface area contributed by atoms with Crippen LogP contribution in [0.1, 0.15) is 24.2 Å². The van der Waals surface area contributed by atoms with E-state index in [2.05, 4.69) is 10.6 Å². The average Bonchev–Trinajstić information content (AvgIpc) is 2.78. The Morgan fingerprint density at radius 2 is 1.65 bits per heavy atom. The number of anilines is 1. The Labute approximate surface area is 180 Å². The summed E-state index contributed by atoms with van der Waals surface area (Å²) >= 11 is 0. The minimum Gasteiger partial charge on any atom is -0.494 e. The third-order valence-electron chi connectivity index (χ3n) is 4.15. The Morgan fingerprint density at radius 1 is 0.968 bits per heavy atom. The van der Waals surface area contributed by atoms with Gasteiger partial charge in [0.2, 0.25) is 0 Å².